The highest BCUT2D eigenvalue weighted by Crippen LogP contribution is 2.29. The number of hydrogen-bond donors (Lipinski definition) is 1. The molecule has 0 atom stereocenters. The van der Waals surface area contributed by atoms with Crippen LogP contribution in [0.4, 0.5) is 5.82 Å². The van der Waals surface area contributed by atoms with Crippen molar-refractivity contribution in [3.05, 3.63) is 28.2 Å². The van der Waals surface area contributed by atoms with Crippen LogP contribution in [0, 0.1) is 0 Å². The van der Waals surface area contributed by atoms with Crippen molar-refractivity contribution in [2.75, 3.05) is 11.9 Å². The van der Waals surface area contributed by atoms with Gasteiger partial charge in [0.15, 0.2) is 5.82 Å². The molecule has 0 aromatic carbocycles. The van der Waals surface area contributed by atoms with Crippen LogP contribution in [0.2, 0.25) is 5.02 Å². The minimum absolute atomic E-state index is 0.374. The number of hydrogen-bond acceptors (Lipinski definition) is 4. The SMILES string of the molecule is CCCNc1cc(C(C)C)nc(-c2cc(Cl)cs2)n1. The van der Waals surface area contributed by atoms with Gasteiger partial charge in [0.25, 0.3) is 0 Å². The van der Waals surface area contributed by atoms with Crippen molar-refractivity contribution in [2.24, 2.45) is 0 Å². The first-order chi connectivity index (χ1) is 9.10. The Kier molecular flexibility index (Phi) is 4.77. The van der Waals surface area contributed by atoms with Crippen molar-refractivity contribution in [3.63, 3.8) is 0 Å². The van der Waals surface area contributed by atoms with E-state index in [4.69, 9.17) is 11.6 Å². The average molecular weight is 296 g/mol. The molecule has 19 heavy (non-hydrogen) atoms. The van der Waals surface area contributed by atoms with Crippen LogP contribution in [0.5, 0.6) is 0 Å². The summed E-state index contributed by atoms with van der Waals surface area (Å²) >= 11 is 7.55. The predicted molar refractivity (Wildman–Crippen MR) is 83.2 cm³/mol. The third kappa shape index (κ3) is 3.67. The van der Waals surface area contributed by atoms with Gasteiger partial charge in [-0.05, 0) is 18.4 Å². The molecule has 102 valence electrons. The topological polar surface area (TPSA) is 37.8 Å². The first-order valence-corrected chi connectivity index (χ1v) is 7.73. The molecule has 0 unspecified atom stereocenters. The summed E-state index contributed by atoms with van der Waals surface area (Å²) in [5.41, 5.74) is 1.05. The second-order valence-corrected chi connectivity index (χ2v) is 6.06. The average Bonchev–Trinajstić information content (AvgIpc) is 2.82. The fraction of sp³-hybridized carbons (Fsp3) is 0.429. The van der Waals surface area contributed by atoms with Gasteiger partial charge in [-0.1, -0.05) is 32.4 Å². The molecule has 0 radical (unpaired) electrons. The zero-order chi connectivity index (χ0) is 13.8. The van der Waals surface area contributed by atoms with Gasteiger partial charge in [0, 0.05) is 23.7 Å². The highest BCUT2D eigenvalue weighted by molar-refractivity contribution is 7.14. The second-order valence-electron chi connectivity index (χ2n) is 4.71. The monoisotopic (exact) mass is 295 g/mol. The fourth-order valence-corrected chi connectivity index (χ4v) is 2.65. The zero-order valence-electron chi connectivity index (χ0n) is 11.4. The van der Waals surface area contributed by atoms with Gasteiger partial charge in [0.1, 0.15) is 5.82 Å². The summed E-state index contributed by atoms with van der Waals surface area (Å²) < 4.78 is 0. The van der Waals surface area contributed by atoms with Crippen LogP contribution in [0.25, 0.3) is 10.7 Å². The first-order valence-electron chi connectivity index (χ1n) is 6.47. The molecule has 1 N–H and O–H groups in total. The Bertz CT molecular complexity index is 551. The molecule has 2 heterocycles. The maximum absolute atomic E-state index is 5.98. The molecular weight excluding hydrogens is 278 g/mol. The number of nitrogens with zero attached hydrogens (tertiary/aromatic N) is 2. The third-order valence-electron chi connectivity index (χ3n) is 2.68. The van der Waals surface area contributed by atoms with Gasteiger partial charge in [-0.2, -0.15) is 0 Å². The molecule has 2 rings (SSSR count). The van der Waals surface area contributed by atoms with Crippen LogP contribution in [0.3, 0.4) is 0 Å². The summed E-state index contributed by atoms with van der Waals surface area (Å²) in [6.45, 7) is 7.32. The summed E-state index contributed by atoms with van der Waals surface area (Å²) in [5, 5.41) is 5.97. The molecule has 3 nitrogen and oxygen atoms in total. The van der Waals surface area contributed by atoms with E-state index in [0.717, 1.165) is 40.2 Å². The van der Waals surface area contributed by atoms with Crippen molar-refractivity contribution < 1.29 is 0 Å². The van der Waals surface area contributed by atoms with Crippen LogP contribution >= 0.6 is 22.9 Å². The summed E-state index contributed by atoms with van der Waals surface area (Å²) in [7, 11) is 0. The normalized spacial score (nSPS) is 11.0. The van der Waals surface area contributed by atoms with E-state index in [0.29, 0.717) is 5.92 Å². The van der Waals surface area contributed by atoms with E-state index in [1.807, 2.05) is 17.5 Å². The molecule has 0 bridgehead atoms. The second kappa shape index (κ2) is 6.35. The van der Waals surface area contributed by atoms with E-state index in [9.17, 15) is 0 Å². The molecule has 0 spiro atoms. The summed E-state index contributed by atoms with van der Waals surface area (Å²) in [5.74, 6) is 2.01. The minimum Gasteiger partial charge on any atom is -0.370 e. The van der Waals surface area contributed by atoms with Crippen LogP contribution in [-0.2, 0) is 0 Å². The number of aromatic nitrogens is 2. The smallest absolute Gasteiger partial charge is 0.171 e. The van der Waals surface area contributed by atoms with E-state index in [1.54, 1.807) is 11.3 Å². The molecule has 5 heteroatoms. The van der Waals surface area contributed by atoms with Crippen molar-refractivity contribution in [2.45, 2.75) is 33.1 Å². The number of halogens is 1. The number of thiophene rings is 1. The van der Waals surface area contributed by atoms with Crippen molar-refractivity contribution in [1.82, 2.24) is 9.97 Å². The third-order valence-corrected chi connectivity index (χ3v) is 3.96. The van der Waals surface area contributed by atoms with Gasteiger partial charge in [-0.25, -0.2) is 9.97 Å². The molecular formula is C14H18ClN3S. The molecule has 2 aromatic heterocycles. The zero-order valence-corrected chi connectivity index (χ0v) is 13.0. The standard InChI is InChI=1S/C14H18ClN3S/c1-4-5-16-13-7-11(9(2)3)17-14(18-13)12-6-10(15)8-19-12/h6-9H,4-5H2,1-3H3,(H,16,17,18). The lowest BCUT2D eigenvalue weighted by Crippen LogP contribution is -2.06. The lowest BCUT2D eigenvalue weighted by Gasteiger charge is -2.10. The molecule has 0 amide bonds. The fourth-order valence-electron chi connectivity index (χ4n) is 1.65. The molecule has 2 aromatic rings. The molecule has 0 aliphatic heterocycles. The van der Waals surface area contributed by atoms with Crippen molar-refractivity contribution in [3.8, 4) is 10.7 Å². The highest BCUT2D eigenvalue weighted by atomic mass is 35.5. The first kappa shape index (κ1) is 14.3. The van der Waals surface area contributed by atoms with Crippen LogP contribution < -0.4 is 5.32 Å². The molecule has 0 aliphatic rings. The number of nitrogens with one attached hydrogen (secondary N) is 1. The lowest BCUT2D eigenvalue weighted by atomic mass is 10.1. The Morgan fingerprint density at radius 2 is 2.11 bits per heavy atom. The largest absolute Gasteiger partial charge is 0.370 e. The van der Waals surface area contributed by atoms with Crippen molar-refractivity contribution in [1.29, 1.82) is 0 Å². The number of rotatable bonds is 5. The molecule has 0 saturated carbocycles. The van der Waals surface area contributed by atoms with E-state index in [-0.39, 0.29) is 0 Å². The Balaban J connectivity index is 2.39. The predicted octanol–water partition coefficient (Wildman–Crippen LogP) is 4.80. The van der Waals surface area contributed by atoms with Gasteiger partial charge in [0.2, 0.25) is 0 Å². The van der Waals surface area contributed by atoms with Crippen LogP contribution in [0.15, 0.2) is 17.5 Å². The van der Waals surface area contributed by atoms with Crippen LogP contribution in [0.1, 0.15) is 38.8 Å². The summed E-state index contributed by atoms with van der Waals surface area (Å²) in [6, 6.07) is 3.94. The van der Waals surface area contributed by atoms with Crippen LogP contribution in [-0.4, -0.2) is 16.5 Å². The Hall–Kier alpha value is -1.13. The van der Waals surface area contributed by atoms with Gasteiger partial charge < -0.3 is 5.32 Å². The maximum Gasteiger partial charge on any atom is 0.171 e. The van der Waals surface area contributed by atoms with Gasteiger partial charge >= 0.3 is 0 Å². The molecule has 0 aliphatic carbocycles. The quantitative estimate of drug-likeness (QED) is 0.860. The lowest BCUT2D eigenvalue weighted by molar-refractivity contribution is 0.816. The molecule has 0 saturated heterocycles. The highest BCUT2D eigenvalue weighted by Gasteiger charge is 2.11. The number of anilines is 1. The summed E-state index contributed by atoms with van der Waals surface area (Å²) in [4.78, 5) is 10.2. The van der Waals surface area contributed by atoms with E-state index in [1.165, 1.54) is 0 Å². The van der Waals surface area contributed by atoms with E-state index < -0.39 is 0 Å². The van der Waals surface area contributed by atoms with Crippen molar-refractivity contribution >= 4 is 28.8 Å². The maximum atomic E-state index is 5.98. The van der Waals surface area contributed by atoms with E-state index >= 15 is 0 Å². The Morgan fingerprint density at radius 1 is 1.32 bits per heavy atom. The Morgan fingerprint density at radius 3 is 2.68 bits per heavy atom. The van der Waals surface area contributed by atoms with Gasteiger partial charge in [-0.3, -0.25) is 0 Å². The Labute approximate surface area is 123 Å². The van der Waals surface area contributed by atoms with E-state index in [2.05, 4.69) is 36.1 Å². The molecule has 0 fully saturated rings. The van der Waals surface area contributed by atoms with Gasteiger partial charge in [0.05, 0.1) is 9.90 Å². The van der Waals surface area contributed by atoms with Gasteiger partial charge in [-0.15, -0.1) is 11.3 Å². The summed E-state index contributed by atoms with van der Waals surface area (Å²) in [6.07, 6.45) is 1.07. The minimum atomic E-state index is 0.374.